The Kier molecular flexibility index (Phi) is 4.97. The van der Waals surface area contributed by atoms with Crippen LogP contribution in [0, 0.1) is 0 Å². The summed E-state index contributed by atoms with van der Waals surface area (Å²) in [6.45, 7) is 6.47. The van der Waals surface area contributed by atoms with Gasteiger partial charge < -0.3 is 10.5 Å². The molecule has 20 heavy (non-hydrogen) atoms. The molecule has 104 valence electrons. The van der Waals surface area contributed by atoms with E-state index in [4.69, 9.17) is 10.5 Å². The largest absolute Gasteiger partial charge is 0.489 e. The molecule has 2 rings (SSSR count). The van der Waals surface area contributed by atoms with Crippen molar-refractivity contribution < 1.29 is 4.74 Å². The Morgan fingerprint density at radius 3 is 2.60 bits per heavy atom. The van der Waals surface area contributed by atoms with Crippen LogP contribution in [0.15, 0.2) is 66.7 Å². The third-order valence-corrected chi connectivity index (χ3v) is 3.10. The van der Waals surface area contributed by atoms with Crippen molar-refractivity contribution in [2.75, 3.05) is 0 Å². The third-order valence-electron chi connectivity index (χ3n) is 3.10. The second-order valence-electron chi connectivity index (χ2n) is 5.11. The fourth-order valence-corrected chi connectivity index (χ4v) is 2.07. The number of hydrogen-bond donors (Lipinski definition) is 1. The van der Waals surface area contributed by atoms with Gasteiger partial charge in [0.1, 0.15) is 12.4 Å². The Hall–Kier alpha value is -2.06. The molecule has 2 nitrogen and oxygen atoms in total. The molecule has 0 aliphatic carbocycles. The topological polar surface area (TPSA) is 35.2 Å². The summed E-state index contributed by atoms with van der Waals surface area (Å²) in [5.41, 5.74) is 9.49. The average Bonchev–Trinajstić information content (AvgIpc) is 2.46. The number of ether oxygens (including phenoxy) is 1. The predicted molar refractivity (Wildman–Crippen MR) is 83.6 cm³/mol. The lowest BCUT2D eigenvalue weighted by atomic mass is 10.0. The molecule has 0 bridgehead atoms. The van der Waals surface area contributed by atoms with Crippen molar-refractivity contribution >= 4 is 0 Å². The molecule has 0 fully saturated rings. The van der Waals surface area contributed by atoms with Gasteiger partial charge in [-0.2, -0.15) is 0 Å². The van der Waals surface area contributed by atoms with E-state index in [9.17, 15) is 0 Å². The van der Waals surface area contributed by atoms with Gasteiger partial charge in [0.2, 0.25) is 0 Å². The van der Waals surface area contributed by atoms with Crippen molar-refractivity contribution in [2.45, 2.75) is 26.0 Å². The highest BCUT2D eigenvalue weighted by Crippen LogP contribution is 2.22. The van der Waals surface area contributed by atoms with Crippen LogP contribution in [0.3, 0.4) is 0 Å². The summed E-state index contributed by atoms with van der Waals surface area (Å²) >= 11 is 0. The lowest BCUT2D eigenvalue weighted by Crippen LogP contribution is -2.10. The maximum Gasteiger partial charge on any atom is 0.120 e. The van der Waals surface area contributed by atoms with E-state index >= 15 is 0 Å². The van der Waals surface area contributed by atoms with Gasteiger partial charge in [-0.1, -0.05) is 48.0 Å². The molecule has 0 amide bonds. The van der Waals surface area contributed by atoms with Crippen molar-refractivity contribution in [2.24, 2.45) is 5.73 Å². The summed E-state index contributed by atoms with van der Waals surface area (Å²) in [5.74, 6) is 0.850. The molecular weight excluding hydrogens is 246 g/mol. The van der Waals surface area contributed by atoms with Crippen molar-refractivity contribution in [3.8, 4) is 5.75 Å². The summed E-state index contributed by atoms with van der Waals surface area (Å²) in [5, 5.41) is 0. The molecule has 0 saturated carbocycles. The maximum atomic E-state index is 6.16. The molecule has 0 aliphatic heterocycles. The van der Waals surface area contributed by atoms with Crippen LogP contribution in [0.5, 0.6) is 5.75 Å². The first-order valence-electron chi connectivity index (χ1n) is 6.82. The molecule has 0 radical (unpaired) electrons. The first kappa shape index (κ1) is 14.4. The Morgan fingerprint density at radius 2 is 1.90 bits per heavy atom. The highest BCUT2D eigenvalue weighted by Gasteiger charge is 2.07. The first-order chi connectivity index (χ1) is 9.65. The van der Waals surface area contributed by atoms with Gasteiger partial charge in [0.15, 0.2) is 0 Å². The Balaban J connectivity index is 2.01. The highest BCUT2D eigenvalue weighted by molar-refractivity contribution is 5.31. The molecule has 0 aliphatic rings. The van der Waals surface area contributed by atoms with Crippen molar-refractivity contribution in [1.29, 1.82) is 0 Å². The van der Waals surface area contributed by atoms with E-state index in [1.165, 1.54) is 0 Å². The molecule has 0 saturated heterocycles. The van der Waals surface area contributed by atoms with E-state index in [1.807, 2.05) is 49.4 Å². The lowest BCUT2D eigenvalue weighted by molar-refractivity contribution is 0.305. The van der Waals surface area contributed by atoms with Crippen molar-refractivity contribution in [3.05, 3.63) is 77.9 Å². The fraction of sp³-hybridized carbons (Fsp3) is 0.222. The van der Waals surface area contributed by atoms with Crippen molar-refractivity contribution in [1.82, 2.24) is 0 Å². The second kappa shape index (κ2) is 6.92. The lowest BCUT2D eigenvalue weighted by Gasteiger charge is -2.14. The molecule has 2 N–H and O–H groups in total. The first-order valence-corrected chi connectivity index (χ1v) is 6.82. The summed E-state index contributed by atoms with van der Waals surface area (Å²) in [7, 11) is 0. The number of hydrogen-bond acceptors (Lipinski definition) is 2. The number of rotatable bonds is 6. The van der Waals surface area contributed by atoms with Gasteiger partial charge in [0.25, 0.3) is 0 Å². The van der Waals surface area contributed by atoms with E-state index in [0.29, 0.717) is 6.61 Å². The fourth-order valence-electron chi connectivity index (χ4n) is 2.07. The summed E-state index contributed by atoms with van der Waals surface area (Å²) in [6.07, 6.45) is 0.794. The molecule has 2 aromatic rings. The maximum absolute atomic E-state index is 6.16. The van der Waals surface area contributed by atoms with Crippen LogP contribution in [-0.2, 0) is 6.61 Å². The van der Waals surface area contributed by atoms with Gasteiger partial charge in [-0.05, 0) is 36.6 Å². The van der Waals surface area contributed by atoms with Crippen LogP contribution in [0.25, 0.3) is 0 Å². The van der Waals surface area contributed by atoms with E-state index in [-0.39, 0.29) is 6.04 Å². The van der Waals surface area contributed by atoms with Crippen LogP contribution >= 0.6 is 0 Å². The minimum atomic E-state index is -0.0206. The van der Waals surface area contributed by atoms with Crippen LogP contribution in [0.1, 0.15) is 30.5 Å². The van der Waals surface area contributed by atoms with Gasteiger partial charge >= 0.3 is 0 Å². The quantitative estimate of drug-likeness (QED) is 0.795. The number of nitrogens with two attached hydrogens (primary N) is 1. The minimum Gasteiger partial charge on any atom is -0.489 e. The highest BCUT2D eigenvalue weighted by atomic mass is 16.5. The zero-order chi connectivity index (χ0) is 14.4. The zero-order valence-electron chi connectivity index (χ0n) is 11.9. The summed E-state index contributed by atoms with van der Waals surface area (Å²) in [6, 6.07) is 18.1. The normalized spacial score (nSPS) is 11.9. The molecule has 0 unspecified atom stereocenters. The predicted octanol–water partition coefficient (Wildman–Crippen LogP) is 4.23. The van der Waals surface area contributed by atoms with Gasteiger partial charge in [-0.25, -0.2) is 0 Å². The van der Waals surface area contributed by atoms with Crippen LogP contribution in [-0.4, -0.2) is 0 Å². The molecule has 2 aromatic carbocycles. The van der Waals surface area contributed by atoms with E-state index in [1.54, 1.807) is 0 Å². The molecular formula is C18H21NO. The standard InChI is InChI=1S/C18H21NO/c1-14(2)11-18(19)16-9-6-10-17(12-16)20-13-15-7-4-3-5-8-15/h3-10,12,18H,1,11,13,19H2,2H3/t18-/m0/s1. The molecule has 0 aromatic heterocycles. The van der Waals surface area contributed by atoms with Crippen molar-refractivity contribution in [3.63, 3.8) is 0 Å². The van der Waals surface area contributed by atoms with Gasteiger partial charge in [-0.3, -0.25) is 0 Å². The van der Waals surface area contributed by atoms with Gasteiger partial charge in [-0.15, -0.1) is 6.58 Å². The molecule has 0 spiro atoms. The zero-order valence-corrected chi connectivity index (χ0v) is 11.9. The van der Waals surface area contributed by atoms with Crippen LogP contribution < -0.4 is 10.5 Å². The Labute approximate surface area is 120 Å². The van der Waals surface area contributed by atoms with Crippen LogP contribution in [0.4, 0.5) is 0 Å². The van der Waals surface area contributed by atoms with Crippen LogP contribution in [0.2, 0.25) is 0 Å². The SMILES string of the molecule is C=C(C)C[C@H](N)c1cccc(OCc2ccccc2)c1. The molecule has 1 atom stereocenters. The Morgan fingerprint density at radius 1 is 1.15 bits per heavy atom. The summed E-state index contributed by atoms with van der Waals surface area (Å²) < 4.78 is 5.81. The average molecular weight is 267 g/mol. The van der Waals surface area contributed by atoms with E-state index in [2.05, 4.69) is 18.7 Å². The van der Waals surface area contributed by atoms with E-state index < -0.39 is 0 Å². The van der Waals surface area contributed by atoms with E-state index in [0.717, 1.165) is 28.9 Å². The smallest absolute Gasteiger partial charge is 0.120 e. The molecule has 0 heterocycles. The third kappa shape index (κ3) is 4.25. The summed E-state index contributed by atoms with van der Waals surface area (Å²) in [4.78, 5) is 0. The minimum absolute atomic E-state index is 0.0206. The van der Waals surface area contributed by atoms with Gasteiger partial charge in [0, 0.05) is 6.04 Å². The number of benzene rings is 2. The monoisotopic (exact) mass is 267 g/mol. The molecule has 2 heteroatoms. The second-order valence-corrected chi connectivity index (χ2v) is 5.11. The Bertz CT molecular complexity index is 563. The van der Waals surface area contributed by atoms with Gasteiger partial charge in [0.05, 0.1) is 0 Å².